The number of aliphatic hydroxyl groups is 1. The van der Waals surface area contributed by atoms with E-state index in [4.69, 9.17) is 5.11 Å². The molecule has 0 fully saturated rings. The predicted octanol–water partition coefficient (Wildman–Crippen LogP) is 0.836. The first-order valence-electron chi connectivity index (χ1n) is 3.94. The van der Waals surface area contributed by atoms with Gasteiger partial charge in [0.2, 0.25) is 0 Å². The number of carbonyl (C=O) groups is 1. The first-order valence-corrected chi connectivity index (χ1v) is 3.94. The largest absolute Gasteiger partial charge is 0.481 e. The van der Waals surface area contributed by atoms with Crippen LogP contribution < -0.4 is 0 Å². The second-order valence-electron chi connectivity index (χ2n) is 2.83. The Bertz CT molecular complexity index is 286. The summed E-state index contributed by atoms with van der Waals surface area (Å²) in [6.07, 6.45) is 0.478. The lowest BCUT2D eigenvalue weighted by molar-refractivity contribution is -0.145. The van der Waals surface area contributed by atoms with Gasteiger partial charge in [0.05, 0.1) is 11.6 Å². The normalized spacial score (nSPS) is 14.9. The van der Waals surface area contributed by atoms with Crippen LogP contribution >= 0.6 is 0 Å². The number of hydrogen-bond acceptors (Lipinski definition) is 3. The molecule has 1 rings (SSSR count). The van der Waals surface area contributed by atoms with Crippen molar-refractivity contribution < 1.29 is 15.0 Å². The average molecular weight is 181 g/mol. The van der Waals surface area contributed by atoms with Crippen LogP contribution in [0.1, 0.15) is 18.7 Å². The number of carboxylic acids is 1. The second kappa shape index (κ2) is 4.00. The highest BCUT2D eigenvalue weighted by Crippen LogP contribution is 2.19. The average Bonchev–Trinajstić information content (AvgIpc) is 2.17. The molecule has 1 heterocycles. The first kappa shape index (κ1) is 9.67. The molecule has 2 N–H and O–H groups in total. The van der Waals surface area contributed by atoms with E-state index >= 15 is 0 Å². The van der Waals surface area contributed by atoms with Gasteiger partial charge in [0, 0.05) is 6.20 Å². The van der Waals surface area contributed by atoms with Gasteiger partial charge in [0.1, 0.15) is 6.10 Å². The van der Waals surface area contributed by atoms with Gasteiger partial charge >= 0.3 is 5.97 Å². The van der Waals surface area contributed by atoms with Crippen molar-refractivity contribution >= 4 is 5.97 Å². The number of hydrogen-bond donors (Lipinski definition) is 2. The maximum Gasteiger partial charge on any atom is 0.309 e. The van der Waals surface area contributed by atoms with Crippen LogP contribution in [0.3, 0.4) is 0 Å². The molecule has 0 amide bonds. The highest BCUT2D eigenvalue weighted by atomic mass is 16.4. The molecule has 4 nitrogen and oxygen atoms in total. The molecule has 70 valence electrons. The summed E-state index contributed by atoms with van der Waals surface area (Å²) in [5.74, 6) is -1.87. The van der Waals surface area contributed by atoms with Crippen molar-refractivity contribution in [3.63, 3.8) is 0 Å². The minimum atomic E-state index is -1.04. The Labute approximate surface area is 75.9 Å². The van der Waals surface area contributed by atoms with Gasteiger partial charge in [-0.25, -0.2) is 0 Å². The molecule has 0 aromatic carbocycles. The van der Waals surface area contributed by atoms with Crippen molar-refractivity contribution in [2.45, 2.75) is 13.0 Å². The lowest BCUT2D eigenvalue weighted by atomic mass is 10.0. The van der Waals surface area contributed by atoms with Crippen LogP contribution in [0, 0.1) is 5.92 Å². The van der Waals surface area contributed by atoms with Gasteiger partial charge in [-0.2, -0.15) is 0 Å². The lowest BCUT2D eigenvalue weighted by Crippen LogP contribution is -2.19. The van der Waals surface area contributed by atoms with E-state index in [1.807, 2.05) is 0 Å². The molecule has 1 aromatic heterocycles. The summed E-state index contributed by atoms with van der Waals surface area (Å²) in [5, 5.41) is 18.1. The SMILES string of the molecule is C[C@H](C(=O)O)C(O)c1ccccn1. The molecule has 0 aliphatic rings. The Morgan fingerprint density at radius 2 is 2.23 bits per heavy atom. The fraction of sp³-hybridized carbons (Fsp3) is 0.333. The van der Waals surface area contributed by atoms with Gasteiger partial charge < -0.3 is 10.2 Å². The summed E-state index contributed by atoms with van der Waals surface area (Å²) in [6, 6.07) is 5.02. The van der Waals surface area contributed by atoms with Crippen molar-refractivity contribution in [2.75, 3.05) is 0 Å². The number of rotatable bonds is 3. The van der Waals surface area contributed by atoms with Crippen LogP contribution in [0.5, 0.6) is 0 Å². The van der Waals surface area contributed by atoms with Crippen LogP contribution in [-0.2, 0) is 4.79 Å². The summed E-state index contributed by atoms with van der Waals surface area (Å²) < 4.78 is 0. The molecule has 0 saturated heterocycles. The molecule has 0 bridgehead atoms. The molecular weight excluding hydrogens is 170 g/mol. The van der Waals surface area contributed by atoms with Gasteiger partial charge in [0.15, 0.2) is 0 Å². The summed E-state index contributed by atoms with van der Waals surface area (Å²) in [6.45, 7) is 1.45. The monoisotopic (exact) mass is 181 g/mol. The molecule has 0 radical (unpaired) electrons. The summed E-state index contributed by atoms with van der Waals surface area (Å²) in [4.78, 5) is 14.4. The van der Waals surface area contributed by atoms with Gasteiger partial charge in [-0.1, -0.05) is 6.07 Å². The van der Waals surface area contributed by atoms with Crippen molar-refractivity contribution in [2.24, 2.45) is 5.92 Å². The van der Waals surface area contributed by atoms with E-state index in [0.717, 1.165) is 0 Å². The quantitative estimate of drug-likeness (QED) is 0.724. The fourth-order valence-electron chi connectivity index (χ4n) is 0.942. The molecule has 4 heteroatoms. The molecular formula is C9H11NO3. The summed E-state index contributed by atoms with van der Waals surface area (Å²) >= 11 is 0. The molecule has 0 aliphatic carbocycles. The predicted molar refractivity (Wildman–Crippen MR) is 46.0 cm³/mol. The Balaban J connectivity index is 2.79. The number of aliphatic carboxylic acids is 1. The standard InChI is InChI=1S/C9H11NO3/c1-6(9(12)13)8(11)7-4-2-3-5-10-7/h2-6,8,11H,1H3,(H,12,13)/t6-,8?/m0/s1. The smallest absolute Gasteiger partial charge is 0.309 e. The third-order valence-corrected chi connectivity index (χ3v) is 1.85. The van der Waals surface area contributed by atoms with E-state index in [9.17, 15) is 9.90 Å². The highest BCUT2D eigenvalue weighted by Gasteiger charge is 2.23. The van der Waals surface area contributed by atoms with Crippen LogP contribution in [0.25, 0.3) is 0 Å². The van der Waals surface area contributed by atoms with Crippen molar-refractivity contribution in [1.82, 2.24) is 4.98 Å². The summed E-state index contributed by atoms with van der Waals surface area (Å²) in [7, 11) is 0. The van der Waals surface area contributed by atoms with E-state index in [1.54, 1.807) is 18.2 Å². The highest BCUT2D eigenvalue weighted by molar-refractivity contribution is 5.70. The van der Waals surface area contributed by atoms with Crippen molar-refractivity contribution in [3.8, 4) is 0 Å². The Kier molecular flexibility index (Phi) is 2.97. The zero-order chi connectivity index (χ0) is 9.84. The first-order chi connectivity index (χ1) is 6.13. The molecule has 1 unspecified atom stereocenters. The minimum Gasteiger partial charge on any atom is -0.481 e. The third-order valence-electron chi connectivity index (χ3n) is 1.85. The molecule has 0 spiro atoms. The van der Waals surface area contributed by atoms with Crippen LogP contribution in [0.2, 0.25) is 0 Å². The van der Waals surface area contributed by atoms with Crippen LogP contribution in [0.4, 0.5) is 0 Å². The number of aromatic nitrogens is 1. The molecule has 1 aromatic rings. The van der Waals surface area contributed by atoms with E-state index in [1.165, 1.54) is 13.1 Å². The topological polar surface area (TPSA) is 70.4 Å². The van der Waals surface area contributed by atoms with Gasteiger partial charge in [-0.3, -0.25) is 9.78 Å². The van der Waals surface area contributed by atoms with Gasteiger partial charge in [-0.15, -0.1) is 0 Å². The Hall–Kier alpha value is -1.42. The Morgan fingerprint density at radius 3 is 2.69 bits per heavy atom. The van der Waals surface area contributed by atoms with E-state index < -0.39 is 18.0 Å². The van der Waals surface area contributed by atoms with Crippen LogP contribution in [-0.4, -0.2) is 21.2 Å². The number of pyridine rings is 1. The molecule has 0 aliphatic heterocycles. The molecule has 0 saturated carbocycles. The minimum absolute atomic E-state index is 0.386. The number of carboxylic acid groups (broad SMARTS) is 1. The summed E-state index contributed by atoms with van der Waals surface area (Å²) in [5.41, 5.74) is 0.386. The zero-order valence-electron chi connectivity index (χ0n) is 7.21. The van der Waals surface area contributed by atoms with Gasteiger partial charge in [0.25, 0.3) is 0 Å². The lowest BCUT2D eigenvalue weighted by Gasteiger charge is -2.13. The second-order valence-corrected chi connectivity index (χ2v) is 2.83. The van der Waals surface area contributed by atoms with E-state index in [0.29, 0.717) is 5.69 Å². The van der Waals surface area contributed by atoms with Crippen LogP contribution in [0.15, 0.2) is 24.4 Å². The van der Waals surface area contributed by atoms with Gasteiger partial charge in [-0.05, 0) is 19.1 Å². The van der Waals surface area contributed by atoms with E-state index in [2.05, 4.69) is 4.98 Å². The van der Waals surface area contributed by atoms with Crippen molar-refractivity contribution in [1.29, 1.82) is 0 Å². The maximum absolute atomic E-state index is 10.5. The molecule has 2 atom stereocenters. The third kappa shape index (κ3) is 2.26. The molecule has 13 heavy (non-hydrogen) atoms. The van der Waals surface area contributed by atoms with E-state index in [-0.39, 0.29) is 0 Å². The Morgan fingerprint density at radius 1 is 1.54 bits per heavy atom. The maximum atomic E-state index is 10.5. The zero-order valence-corrected chi connectivity index (χ0v) is 7.21. The number of nitrogens with zero attached hydrogens (tertiary/aromatic N) is 1. The van der Waals surface area contributed by atoms with Crippen molar-refractivity contribution in [3.05, 3.63) is 30.1 Å². The fourth-order valence-corrected chi connectivity index (χ4v) is 0.942. The number of aliphatic hydroxyl groups excluding tert-OH is 1.